The van der Waals surface area contributed by atoms with E-state index in [2.05, 4.69) is 29.5 Å². The summed E-state index contributed by atoms with van der Waals surface area (Å²) in [4.78, 5) is 16.4. The molecule has 0 saturated carbocycles. The van der Waals surface area contributed by atoms with Gasteiger partial charge in [-0.15, -0.1) is 12.4 Å². The van der Waals surface area contributed by atoms with Crippen molar-refractivity contribution >= 4 is 18.3 Å². The van der Waals surface area contributed by atoms with Gasteiger partial charge in [0, 0.05) is 19.4 Å². The van der Waals surface area contributed by atoms with E-state index in [-0.39, 0.29) is 29.8 Å². The van der Waals surface area contributed by atoms with Gasteiger partial charge in [0.25, 0.3) is 0 Å². The molecule has 1 aliphatic rings. The van der Waals surface area contributed by atoms with Gasteiger partial charge in [-0.1, -0.05) is 13.8 Å². The van der Waals surface area contributed by atoms with Crippen molar-refractivity contribution < 1.29 is 4.79 Å². The van der Waals surface area contributed by atoms with E-state index in [9.17, 15) is 4.79 Å². The topological polar surface area (TPSA) is 59.0 Å². The lowest BCUT2D eigenvalue weighted by Gasteiger charge is -2.38. The van der Waals surface area contributed by atoms with Crippen LogP contribution < -0.4 is 10.6 Å². The number of rotatable bonds is 3. The number of nitrogens with one attached hydrogen (secondary N) is 2. The number of hydrogen-bond donors (Lipinski definition) is 2. The molecule has 6 heteroatoms. The predicted molar refractivity (Wildman–Crippen MR) is 77.1 cm³/mol. The second kappa shape index (κ2) is 6.39. The maximum Gasteiger partial charge on any atom is 0.238 e. The molecule has 1 unspecified atom stereocenters. The number of carbonyl (C=O) groups excluding carboxylic acids is 1. The number of aryl methyl sites for hydroxylation is 1. The Kier molecular flexibility index (Phi) is 5.38. The quantitative estimate of drug-likeness (QED) is 0.879. The van der Waals surface area contributed by atoms with Gasteiger partial charge in [0.1, 0.15) is 5.82 Å². The van der Waals surface area contributed by atoms with Crippen LogP contribution in [0, 0.1) is 5.41 Å². The molecule has 2 N–H and O–H groups in total. The lowest BCUT2D eigenvalue weighted by atomic mass is 9.77. The summed E-state index contributed by atoms with van der Waals surface area (Å²) in [5.41, 5.74) is 0.0178. The van der Waals surface area contributed by atoms with E-state index in [1.54, 1.807) is 6.20 Å². The summed E-state index contributed by atoms with van der Waals surface area (Å²) in [5, 5.41) is 6.28. The summed E-state index contributed by atoms with van der Waals surface area (Å²) in [6.45, 7) is 5.69. The number of hydrogen-bond acceptors (Lipinski definition) is 3. The summed E-state index contributed by atoms with van der Waals surface area (Å²) in [6.07, 6.45) is 5.84. The molecule has 1 amide bonds. The second-order valence-corrected chi connectivity index (χ2v) is 5.65. The van der Waals surface area contributed by atoms with Gasteiger partial charge in [0.15, 0.2) is 0 Å². The van der Waals surface area contributed by atoms with Crippen LogP contribution in [0.4, 0.5) is 0 Å². The van der Waals surface area contributed by atoms with E-state index < -0.39 is 0 Å². The maximum absolute atomic E-state index is 12.2. The minimum Gasteiger partial charge on any atom is -0.347 e. The molecule has 2 rings (SSSR count). The molecule has 0 bridgehead atoms. The highest BCUT2D eigenvalue weighted by Gasteiger charge is 2.36. The average Bonchev–Trinajstić information content (AvgIpc) is 2.71. The van der Waals surface area contributed by atoms with Crippen molar-refractivity contribution in [2.24, 2.45) is 12.5 Å². The van der Waals surface area contributed by atoms with Crippen molar-refractivity contribution in [2.75, 3.05) is 6.54 Å². The normalized spacial score (nSPS) is 21.5. The third-order valence-electron chi connectivity index (χ3n) is 3.73. The van der Waals surface area contributed by atoms with Crippen molar-refractivity contribution in [3.63, 3.8) is 0 Å². The molecule has 1 saturated heterocycles. The molecule has 0 aromatic carbocycles. The van der Waals surface area contributed by atoms with Crippen molar-refractivity contribution in [1.82, 2.24) is 20.2 Å². The number of halogens is 1. The second-order valence-electron chi connectivity index (χ2n) is 5.65. The Bertz CT molecular complexity index is 430. The standard InChI is InChI=1S/C13H22N4O.ClH/c1-13(2)5-4-6-15-11(13)12(18)16-9-10-14-7-8-17(10)3;/h7-8,11,15H,4-6,9H2,1-3H3,(H,16,18);1H. The molecule has 1 aliphatic heterocycles. The largest absolute Gasteiger partial charge is 0.347 e. The first-order valence-corrected chi connectivity index (χ1v) is 6.48. The van der Waals surface area contributed by atoms with Crippen molar-refractivity contribution in [3.05, 3.63) is 18.2 Å². The molecule has 108 valence electrons. The van der Waals surface area contributed by atoms with Gasteiger partial charge in [-0.2, -0.15) is 0 Å². The number of imidazole rings is 1. The fraction of sp³-hybridized carbons (Fsp3) is 0.692. The first-order chi connectivity index (χ1) is 8.50. The Morgan fingerprint density at radius 1 is 1.63 bits per heavy atom. The highest BCUT2D eigenvalue weighted by atomic mass is 35.5. The highest BCUT2D eigenvalue weighted by molar-refractivity contribution is 5.85. The zero-order valence-electron chi connectivity index (χ0n) is 11.8. The molecule has 1 aromatic rings. The Morgan fingerprint density at radius 3 is 2.95 bits per heavy atom. The van der Waals surface area contributed by atoms with E-state index in [1.807, 2.05) is 17.8 Å². The van der Waals surface area contributed by atoms with E-state index in [0.29, 0.717) is 6.54 Å². The third kappa shape index (κ3) is 3.70. The molecule has 2 heterocycles. The molecular formula is C13H23ClN4O. The Balaban J connectivity index is 0.00000180. The number of carbonyl (C=O) groups is 1. The predicted octanol–water partition coefficient (Wildman–Crippen LogP) is 1.24. The first-order valence-electron chi connectivity index (χ1n) is 6.48. The summed E-state index contributed by atoms with van der Waals surface area (Å²) >= 11 is 0. The zero-order chi connectivity index (χ0) is 13.2. The molecule has 1 atom stereocenters. The van der Waals surface area contributed by atoms with Crippen LogP contribution in [-0.2, 0) is 18.4 Å². The van der Waals surface area contributed by atoms with Gasteiger partial charge in [0.2, 0.25) is 5.91 Å². The zero-order valence-corrected chi connectivity index (χ0v) is 12.6. The van der Waals surface area contributed by atoms with E-state index in [4.69, 9.17) is 0 Å². The summed E-state index contributed by atoms with van der Waals surface area (Å²) in [5.74, 6) is 0.944. The van der Waals surface area contributed by atoms with E-state index >= 15 is 0 Å². The third-order valence-corrected chi connectivity index (χ3v) is 3.73. The van der Waals surface area contributed by atoms with Crippen molar-refractivity contribution in [3.8, 4) is 0 Å². The summed E-state index contributed by atoms with van der Waals surface area (Å²) < 4.78 is 1.92. The minimum atomic E-state index is -0.105. The van der Waals surface area contributed by atoms with Crippen LogP contribution in [0.5, 0.6) is 0 Å². The fourth-order valence-corrected chi connectivity index (χ4v) is 2.49. The molecule has 19 heavy (non-hydrogen) atoms. The number of piperidine rings is 1. The van der Waals surface area contributed by atoms with Gasteiger partial charge in [-0.3, -0.25) is 4.79 Å². The van der Waals surface area contributed by atoms with Gasteiger partial charge in [-0.05, 0) is 24.8 Å². The van der Waals surface area contributed by atoms with Crippen LogP contribution >= 0.6 is 12.4 Å². The SMILES string of the molecule is Cl.Cn1ccnc1CNC(=O)C1NCCCC1(C)C. The lowest BCUT2D eigenvalue weighted by molar-refractivity contribution is -0.127. The molecule has 0 spiro atoms. The first kappa shape index (κ1) is 16.0. The van der Waals surface area contributed by atoms with Crippen molar-refractivity contribution in [1.29, 1.82) is 0 Å². The van der Waals surface area contributed by atoms with Gasteiger partial charge < -0.3 is 15.2 Å². The van der Waals surface area contributed by atoms with Crippen LogP contribution in [0.15, 0.2) is 12.4 Å². The number of aromatic nitrogens is 2. The van der Waals surface area contributed by atoms with Crippen LogP contribution in [0.1, 0.15) is 32.5 Å². The Labute approximate surface area is 120 Å². The molecule has 1 aromatic heterocycles. The van der Waals surface area contributed by atoms with E-state index in [1.165, 1.54) is 0 Å². The molecular weight excluding hydrogens is 264 g/mol. The van der Waals surface area contributed by atoms with Gasteiger partial charge >= 0.3 is 0 Å². The maximum atomic E-state index is 12.2. The molecule has 5 nitrogen and oxygen atoms in total. The number of amides is 1. The molecule has 1 fully saturated rings. The molecule has 0 radical (unpaired) electrons. The van der Waals surface area contributed by atoms with Crippen LogP contribution in [0.25, 0.3) is 0 Å². The van der Waals surface area contributed by atoms with Crippen LogP contribution in [-0.4, -0.2) is 28.0 Å². The Hall–Kier alpha value is -1.07. The van der Waals surface area contributed by atoms with Crippen molar-refractivity contribution in [2.45, 2.75) is 39.3 Å². The average molecular weight is 287 g/mol. The summed E-state index contributed by atoms with van der Waals surface area (Å²) in [7, 11) is 1.93. The minimum absolute atomic E-state index is 0. The fourth-order valence-electron chi connectivity index (χ4n) is 2.49. The monoisotopic (exact) mass is 286 g/mol. The van der Waals surface area contributed by atoms with E-state index in [0.717, 1.165) is 25.2 Å². The van der Waals surface area contributed by atoms with Gasteiger partial charge in [0.05, 0.1) is 12.6 Å². The number of nitrogens with zero attached hydrogens (tertiary/aromatic N) is 2. The highest BCUT2D eigenvalue weighted by Crippen LogP contribution is 2.30. The van der Waals surface area contributed by atoms with Crippen LogP contribution in [0.3, 0.4) is 0 Å². The smallest absolute Gasteiger partial charge is 0.238 e. The van der Waals surface area contributed by atoms with Crippen LogP contribution in [0.2, 0.25) is 0 Å². The van der Waals surface area contributed by atoms with Gasteiger partial charge in [-0.25, -0.2) is 4.98 Å². The lowest BCUT2D eigenvalue weighted by Crippen LogP contribution is -2.55. The molecule has 0 aliphatic carbocycles. The Morgan fingerprint density at radius 2 is 2.37 bits per heavy atom. The summed E-state index contributed by atoms with van der Waals surface area (Å²) in [6, 6.07) is -0.105.